The third-order valence-electron chi connectivity index (χ3n) is 4.84. The third-order valence-corrected chi connectivity index (χ3v) is 7.50. The molecule has 2 aromatic carbocycles. The van der Waals surface area contributed by atoms with Crippen LogP contribution in [0.25, 0.3) is 0 Å². The lowest BCUT2D eigenvalue weighted by atomic mass is 10.1. The number of nitrogens with zero attached hydrogens (tertiary/aromatic N) is 2. The Bertz CT molecular complexity index is 1020. The largest absolute Gasteiger partial charge is 0.495 e. The van der Waals surface area contributed by atoms with Crippen LogP contribution in [0.2, 0.25) is 10.0 Å². The molecule has 1 aliphatic heterocycles. The van der Waals surface area contributed by atoms with Gasteiger partial charge in [0.25, 0.3) is 5.91 Å². The number of ether oxygens (including phenoxy) is 1. The zero-order chi connectivity index (χ0) is 21.2. The number of sulfonamides is 1. The van der Waals surface area contributed by atoms with Crippen LogP contribution < -0.4 is 4.74 Å². The third kappa shape index (κ3) is 4.69. The van der Waals surface area contributed by atoms with Crippen molar-refractivity contribution in [3.63, 3.8) is 0 Å². The summed E-state index contributed by atoms with van der Waals surface area (Å²) in [4.78, 5) is 14.4. The zero-order valence-electron chi connectivity index (χ0n) is 16.2. The topological polar surface area (TPSA) is 66.9 Å². The summed E-state index contributed by atoms with van der Waals surface area (Å²) in [5.74, 6) is -0.0859. The maximum atomic E-state index is 13.0. The lowest BCUT2D eigenvalue weighted by molar-refractivity contribution is 0.0785. The van der Waals surface area contributed by atoms with Crippen LogP contribution in [0.1, 0.15) is 28.8 Å². The van der Waals surface area contributed by atoms with Gasteiger partial charge in [0.05, 0.1) is 17.2 Å². The van der Waals surface area contributed by atoms with Crippen molar-refractivity contribution >= 4 is 39.1 Å². The molecule has 0 aromatic heterocycles. The van der Waals surface area contributed by atoms with Crippen LogP contribution >= 0.6 is 23.2 Å². The molecule has 0 saturated carbocycles. The minimum atomic E-state index is -3.73. The molecule has 1 fully saturated rings. The van der Waals surface area contributed by atoms with Crippen LogP contribution in [0.5, 0.6) is 5.75 Å². The van der Waals surface area contributed by atoms with E-state index in [9.17, 15) is 13.2 Å². The molecule has 0 atom stereocenters. The molecule has 1 saturated heterocycles. The highest BCUT2D eigenvalue weighted by molar-refractivity contribution is 7.89. The van der Waals surface area contributed by atoms with E-state index >= 15 is 0 Å². The highest BCUT2D eigenvalue weighted by atomic mass is 35.5. The monoisotopic (exact) mass is 456 g/mol. The number of rotatable bonds is 6. The number of hydrogen-bond donors (Lipinski definition) is 0. The first-order valence-electron chi connectivity index (χ1n) is 9.11. The lowest BCUT2D eigenvalue weighted by Gasteiger charge is -2.20. The molecule has 1 heterocycles. The van der Waals surface area contributed by atoms with Gasteiger partial charge in [-0.2, -0.15) is 4.31 Å². The summed E-state index contributed by atoms with van der Waals surface area (Å²) in [6, 6.07) is 9.63. The van der Waals surface area contributed by atoms with Crippen LogP contribution in [0.15, 0.2) is 41.3 Å². The van der Waals surface area contributed by atoms with Crippen LogP contribution in [0, 0.1) is 0 Å². The molecule has 0 aliphatic carbocycles. The Balaban J connectivity index is 1.87. The van der Waals surface area contributed by atoms with Crippen molar-refractivity contribution in [2.24, 2.45) is 0 Å². The molecule has 0 radical (unpaired) electrons. The molecular weight excluding hydrogens is 435 g/mol. The molecule has 6 nitrogen and oxygen atoms in total. The molecule has 9 heteroatoms. The minimum absolute atomic E-state index is 0.00990. The van der Waals surface area contributed by atoms with Crippen molar-refractivity contribution in [2.75, 3.05) is 27.2 Å². The summed E-state index contributed by atoms with van der Waals surface area (Å²) in [5, 5.41) is 0.852. The van der Waals surface area contributed by atoms with E-state index in [0.717, 1.165) is 18.4 Å². The second kappa shape index (κ2) is 8.92. The van der Waals surface area contributed by atoms with E-state index in [0.29, 0.717) is 29.7 Å². The Kier molecular flexibility index (Phi) is 6.73. The van der Waals surface area contributed by atoms with Gasteiger partial charge in [0.1, 0.15) is 10.6 Å². The van der Waals surface area contributed by atoms with Gasteiger partial charge in [0.2, 0.25) is 10.0 Å². The van der Waals surface area contributed by atoms with Gasteiger partial charge < -0.3 is 9.64 Å². The summed E-state index contributed by atoms with van der Waals surface area (Å²) in [6.07, 6.45) is 1.65. The molecule has 156 valence electrons. The molecule has 0 unspecified atom stereocenters. The average Bonchev–Trinajstić information content (AvgIpc) is 3.25. The highest BCUT2D eigenvalue weighted by Crippen LogP contribution is 2.30. The van der Waals surface area contributed by atoms with Gasteiger partial charge in [-0.15, -0.1) is 0 Å². The SMILES string of the molecule is COc1ccc(C(=O)N(C)Cc2ccc(Cl)c(Cl)c2)cc1S(=O)(=O)N1CCCC1. The average molecular weight is 457 g/mol. The summed E-state index contributed by atoms with van der Waals surface area (Å²) < 4.78 is 32.7. The van der Waals surface area contributed by atoms with Crippen molar-refractivity contribution in [1.82, 2.24) is 9.21 Å². The summed E-state index contributed by atoms with van der Waals surface area (Å²) in [7, 11) is -0.671. The maximum absolute atomic E-state index is 13.0. The van der Waals surface area contributed by atoms with E-state index in [1.807, 2.05) is 0 Å². The molecule has 1 aliphatic rings. The first kappa shape index (κ1) is 21.9. The van der Waals surface area contributed by atoms with Gasteiger partial charge >= 0.3 is 0 Å². The van der Waals surface area contributed by atoms with Crippen molar-refractivity contribution in [3.05, 3.63) is 57.6 Å². The van der Waals surface area contributed by atoms with Crippen molar-refractivity contribution in [1.29, 1.82) is 0 Å². The van der Waals surface area contributed by atoms with Crippen LogP contribution in [-0.2, 0) is 16.6 Å². The van der Waals surface area contributed by atoms with Gasteiger partial charge in [-0.3, -0.25) is 4.79 Å². The number of methoxy groups -OCH3 is 1. The highest BCUT2D eigenvalue weighted by Gasteiger charge is 2.31. The van der Waals surface area contributed by atoms with Crippen LogP contribution in [0.3, 0.4) is 0 Å². The molecule has 0 spiro atoms. The predicted octanol–water partition coefficient (Wildman–Crippen LogP) is 4.06. The fourth-order valence-corrected chi connectivity index (χ4v) is 5.30. The van der Waals surface area contributed by atoms with Gasteiger partial charge in [-0.25, -0.2) is 8.42 Å². The van der Waals surface area contributed by atoms with E-state index in [1.54, 1.807) is 31.3 Å². The van der Waals surface area contributed by atoms with Crippen LogP contribution in [0.4, 0.5) is 0 Å². The van der Waals surface area contributed by atoms with Crippen molar-refractivity contribution in [3.8, 4) is 5.75 Å². The number of carbonyl (C=O) groups excluding carboxylic acids is 1. The van der Waals surface area contributed by atoms with E-state index in [4.69, 9.17) is 27.9 Å². The molecule has 29 heavy (non-hydrogen) atoms. The summed E-state index contributed by atoms with van der Waals surface area (Å²) >= 11 is 12.0. The Labute approximate surface area is 181 Å². The second-order valence-electron chi connectivity index (χ2n) is 6.89. The molecule has 0 bridgehead atoms. The quantitative estimate of drug-likeness (QED) is 0.656. The molecule has 0 N–H and O–H groups in total. The smallest absolute Gasteiger partial charge is 0.253 e. The van der Waals surface area contributed by atoms with Gasteiger partial charge in [0, 0.05) is 32.2 Å². The van der Waals surface area contributed by atoms with Crippen LogP contribution in [-0.4, -0.2) is 50.8 Å². The Morgan fingerprint density at radius 3 is 2.41 bits per heavy atom. The molecular formula is C20H22Cl2N2O4S. The fourth-order valence-electron chi connectivity index (χ4n) is 3.28. The van der Waals surface area contributed by atoms with E-state index < -0.39 is 10.0 Å². The van der Waals surface area contributed by atoms with Gasteiger partial charge in [0.15, 0.2) is 0 Å². The van der Waals surface area contributed by atoms with E-state index in [1.165, 1.54) is 28.4 Å². The number of hydrogen-bond acceptors (Lipinski definition) is 4. The summed E-state index contributed by atoms with van der Waals surface area (Å²) in [6.45, 7) is 1.25. The Hall–Kier alpha value is -1.80. The molecule has 1 amide bonds. The first-order chi connectivity index (χ1) is 13.7. The summed E-state index contributed by atoms with van der Waals surface area (Å²) in [5.41, 5.74) is 1.08. The number of benzene rings is 2. The predicted molar refractivity (Wildman–Crippen MR) is 113 cm³/mol. The normalized spacial score (nSPS) is 14.8. The van der Waals surface area contributed by atoms with Gasteiger partial charge in [-0.05, 0) is 48.7 Å². The Morgan fingerprint density at radius 2 is 1.79 bits per heavy atom. The fraction of sp³-hybridized carbons (Fsp3) is 0.350. The van der Waals surface area contributed by atoms with Gasteiger partial charge in [-0.1, -0.05) is 29.3 Å². The minimum Gasteiger partial charge on any atom is -0.495 e. The molecule has 3 rings (SSSR count). The number of carbonyl (C=O) groups is 1. The van der Waals surface area contributed by atoms with Crippen molar-refractivity contribution in [2.45, 2.75) is 24.3 Å². The number of amides is 1. The molecule has 2 aromatic rings. The first-order valence-corrected chi connectivity index (χ1v) is 11.3. The van der Waals surface area contributed by atoms with E-state index in [-0.39, 0.29) is 22.1 Å². The second-order valence-corrected chi connectivity index (χ2v) is 9.61. The van der Waals surface area contributed by atoms with E-state index in [2.05, 4.69) is 0 Å². The van der Waals surface area contributed by atoms with Crippen molar-refractivity contribution < 1.29 is 17.9 Å². The standard InChI is InChI=1S/C20H22Cl2N2O4S/c1-23(13-14-5-7-16(21)17(22)11-14)20(25)15-6-8-18(28-2)19(12-15)29(26,27)24-9-3-4-10-24/h5-8,11-12H,3-4,9-10,13H2,1-2H3. The lowest BCUT2D eigenvalue weighted by Crippen LogP contribution is -2.29. The number of halogens is 2. The Morgan fingerprint density at radius 1 is 1.10 bits per heavy atom. The zero-order valence-corrected chi connectivity index (χ0v) is 18.5. The maximum Gasteiger partial charge on any atom is 0.253 e.